The normalized spacial score (nSPS) is 17.6. The van der Waals surface area contributed by atoms with Gasteiger partial charge < -0.3 is 14.8 Å². The first-order valence-corrected chi connectivity index (χ1v) is 8.37. The lowest BCUT2D eigenvalue weighted by molar-refractivity contribution is 0.174. The maximum absolute atomic E-state index is 12.1. The Kier molecular flexibility index (Phi) is 3.49. The first-order chi connectivity index (χ1) is 10.8. The van der Waals surface area contributed by atoms with E-state index in [1.54, 1.807) is 0 Å². The number of ether oxygens (including phenoxy) is 2. The molecule has 1 aromatic heterocycles. The van der Waals surface area contributed by atoms with Crippen LogP contribution in [0.15, 0.2) is 12.1 Å². The van der Waals surface area contributed by atoms with Crippen LogP contribution in [0.1, 0.15) is 32.1 Å². The topological polar surface area (TPSA) is 72.5 Å². The second kappa shape index (κ2) is 5.64. The molecular weight excluding hydrogens is 302 g/mol. The number of urea groups is 1. The fourth-order valence-corrected chi connectivity index (χ4v) is 3.81. The van der Waals surface area contributed by atoms with Gasteiger partial charge in [0.2, 0.25) is 6.79 Å². The summed E-state index contributed by atoms with van der Waals surface area (Å²) in [4.78, 5) is 16.5. The predicted octanol–water partition coefficient (Wildman–Crippen LogP) is 3.48. The van der Waals surface area contributed by atoms with Gasteiger partial charge in [0.25, 0.3) is 0 Å². The van der Waals surface area contributed by atoms with E-state index in [2.05, 4.69) is 15.6 Å². The van der Waals surface area contributed by atoms with Crippen LogP contribution in [0.3, 0.4) is 0 Å². The number of anilines is 1. The van der Waals surface area contributed by atoms with Crippen LogP contribution >= 0.6 is 11.3 Å². The van der Waals surface area contributed by atoms with Crippen molar-refractivity contribution in [3.63, 3.8) is 0 Å². The Morgan fingerprint density at radius 3 is 2.77 bits per heavy atom. The number of fused-ring (bicyclic) bond motifs is 2. The molecule has 116 valence electrons. The number of nitrogens with zero attached hydrogens (tertiary/aromatic N) is 1. The Balaban J connectivity index is 1.46. The monoisotopic (exact) mass is 319 g/mol. The van der Waals surface area contributed by atoms with Gasteiger partial charge in [-0.1, -0.05) is 30.6 Å². The largest absolute Gasteiger partial charge is 0.454 e. The molecule has 22 heavy (non-hydrogen) atoms. The number of hydrogen-bond acceptors (Lipinski definition) is 5. The van der Waals surface area contributed by atoms with Gasteiger partial charge in [-0.3, -0.25) is 5.32 Å². The third-order valence-electron chi connectivity index (χ3n) is 4.04. The van der Waals surface area contributed by atoms with Crippen molar-refractivity contribution in [3.8, 4) is 11.5 Å². The van der Waals surface area contributed by atoms with Crippen LogP contribution in [0, 0.1) is 0 Å². The van der Waals surface area contributed by atoms with Crippen molar-refractivity contribution in [1.82, 2.24) is 10.3 Å². The van der Waals surface area contributed by atoms with Gasteiger partial charge in [0.1, 0.15) is 0 Å². The number of thiazole rings is 1. The third-order valence-corrected chi connectivity index (χ3v) is 4.98. The summed E-state index contributed by atoms with van der Waals surface area (Å²) in [6.45, 7) is 0.251. The Hall–Kier alpha value is -2.02. The first kappa shape index (κ1) is 13.6. The van der Waals surface area contributed by atoms with Crippen molar-refractivity contribution in [3.05, 3.63) is 12.1 Å². The fourth-order valence-electron chi connectivity index (χ4n) is 2.94. The molecule has 2 amide bonds. The van der Waals surface area contributed by atoms with Crippen molar-refractivity contribution in [1.29, 1.82) is 0 Å². The summed E-state index contributed by atoms with van der Waals surface area (Å²) in [6.07, 6.45) is 5.78. The number of aromatic nitrogens is 1. The summed E-state index contributed by atoms with van der Waals surface area (Å²) in [6, 6.07) is 3.86. The minimum atomic E-state index is -0.175. The lowest BCUT2D eigenvalue weighted by atomic mass is 9.96. The number of rotatable bonds is 2. The van der Waals surface area contributed by atoms with Crippen LogP contribution in [0.2, 0.25) is 0 Å². The first-order valence-electron chi connectivity index (χ1n) is 7.56. The molecule has 2 N–H and O–H groups in total. The molecule has 4 rings (SSSR count). The van der Waals surface area contributed by atoms with E-state index in [1.807, 2.05) is 12.1 Å². The zero-order valence-corrected chi connectivity index (χ0v) is 12.9. The van der Waals surface area contributed by atoms with E-state index in [4.69, 9.17) is 9.47 Å². The molecule has 1 fully saturated rings. The van der Waals surface area contributed by atoms with Crippen molar-refractivity contribution in [2.75, 3.05) is 12.1 Å². The lowest BCUT2D eigenvalue weighted by Crippen LogP contribution is -2.38. The quantitative estimate of drug-likeness (QED) is 0.889. The van der Waals surface area contributed by atoms with Gasteiger partial charge >= 0.3 is 6.03 Å². The second-order valence-electron chi connectivity index (χ2n) is 5.63. The fraction of sp³-hybridized carbons (Fsp3) is 0.467. The molecule has 0 saturated heterocycles. The van der Waals surface area contributed by atoms with Gasteiger partial charge in [-0.2, -0.15) is 0 Å². The van der Waals surface area contributed by atoms with Gasteiger partial charge in [-0.15, -0.1) is 0 Å². The van der Waals surface area contributed by atoms with Crippen LogP contribution in [-0.4, -0.2) is 23.8 Å². The molecule has 7 heteroatoms. The highest BCUT2D eigenvalue weighted by Crippen LogP contribution is 2.38. The molecule has 0 radical (unpaired) electrons. The minimum Gasteiger partial charge on any atom is -0.454 e. The molecule has 2 aromatic rings. The number of amides is 2. The summed E-state index contributed by atoms with van der Waals surface area (Å²) >= 11 is 1.44. The highest BCUT2D eigenvalue weighted by atomic mass is 32.1. The van der Waals surface area contributed by atoms with Gasteiger partial charge in [0.15, 0.2) is 16.6 Å². The van der Waals surface area contributed by atoms with E-state index in [-0.39, 0.29) is 18.9 Å². The maximum Gasteiger partial charge on any atom is 0.321 e. The summed E-state index contributed by atoms with van der Waals surface area (Å²) < 4.78 is 11.7. The molecule has 0 bridgehead atoms. The van der Waals surface area contributed by atoms with E-state index in [0.717, 1.165) is 28.8 Å². The second-order valence-corrected chi connectivity index (χ2v) is 6.66. The van der Waals surface area contributed by atoms with Crippen LogP contribution in [0.25, 0.3) is 10.2 Å². The average Bonchev–Trinajstić information content (AvgIpc) is 3.10. The lowest BCUT2D eigenvalue weighted by Gasteiger charge is -2.22. The summed E-state index contributed by atoms with van der Waals surface area (Å²) in [5.74, 6) is 1.44. The predicted molar refractivity (Wildman–Crippen MR) is 84.8 cm³/mol. The Bertz CT molecular complexity index is 668. The molecule has 1 aromatic carbocycles. The number of nitrogens with one attached hydrogen (secondary N) is 2. The average molecular weight is 319 g/mol. The van der Waals surface area contributed by atoms with Gasteiger partial charge in [0, 0.05) is 18.2 Å². The molecule has 0 unspecified atom stereocenters. The van der Waals surface area contributed by atoms with Crippen LogP contribution in [0.5, 0.6) is 11.5 Å². The van der Waals surface area contributed by atoms with Gasteiger partial charge in [0.05, 0.1) is 10.2 Å². The van der Waals surface area contributed by atoms with Crippen molar-refractivity contribution < 1.29 is 14.3 Å². The summed E-state index contributed by atoms with van der Waals surface area (Å²) in [5.41, 5.74) is 0.808. The SMILES string of the molecule is O=C(Nc1nc2cc3c(cc2s1)OCO3)NC1CCCCC1. The van der Waals surface area contributed by atoms with Crippen molar-refractivity contribution in [2.45, 2.75) is 38.1 Å². The Labute approximate surface area is 131 Å². The molecular formula is C15H17N3O3S. The molecule has 1 aliphatic carbocycles. The van der Waals surface area contributed by atoms with E-state index < -0.39 is 0 Å². The van der Waals surface area contributed by atoms with Crippen LogP contribution in [0.4, 0.5) is 9.93 Å². The Morgan fingerprint density at radius 2 is 1.95 bits per heavy atom. The Morgan fingerprint density at radius 1 is 1.18 bits per heavy atom. The molecule has 2 aliphatic rings. The zero-order chi connectivity index (χ0) is 14.9. The highest BCUT2D eigenvalue weighted by molar-refractivity contribution is 7.22. The van der Waals surface area contributed by atoms with E-state index in [1.165, 1.54) is 30.6 Å². The number of carbonyl (C=O) groups excluding carboxylic acids is 1. The van der Waals surface area contributed by atoms with E-state index in [0.29, 0.717) is 10.9 Å². The number of carbonyl (C=O) groups is 1. The van der Waals surface area contributed by atoms with Crippen molar-refractivity contribution in [2.24, 2.45) is 0 Å². The van der Waals surface area contributed by atoms with Crippen molar-refractivity contribution >= 4 is 32.7 Å². The van der Waals surface area contributed by atoms with E-state index in [9.17, 15) is 4.79 Å². The molecule has 6 nitrogen and oxygen atoms in total. The molecule has 1 aliphatic heterocycles. The summed E-state index contributed by atoms with van der Waals surface area (Å²) in [7, 11) is 0. The standard InChI is InChI=1S/C15H17N3O3S/c19-14(16-9-4-2-1-3-5-9)18-15-17-10-6-11-12(21-8-20-11)7-13(10)22-15/h6-7,9H,1-5,8H2,(H2,16,17,18,19). The minimum absolute atomic E-state index is 0.175. The van der Waals surface area contributed by atoms with Gasteiger partial charge in [-0.25, -0.2) is 9.78 Å². The molecule has 1 saturated carbocycles. The molecule has 2 heterocycles. The number of hydrogen-bond donors (Lipinski definition) is 2. The highest BCUT2D eigenvalue weighted by Gasteiger charge is 2.19. The zero-order valence-electron chi connectivity index (χ0n) is 12.1. The maximum atomic E-state index is 12.1. The third kappa shape index (κ3) is 2.68. The molecule has 0 atom stereocenters. The van der Waals surface area contributed by atoms with Gasteiger partial charge in [-0.05, 0) is 12.8 Å². The summed E-state index contributed by atoms with van der Waals surface area (Å²) in [5, 5.41) is 6.44. The van der Waals surface area contributed by atoms with Crippen LogP contribution in [-0.2, 0) is 0 Å². The van der Waals surface area contributed by atoms with E-state index >= 15 is 0 Å². The number of benzene rings is 1. The van der Waals surface area contributed by atoms with Crippen LogP contribution < -0.4 is 20.1 Å². The molecule has 0 spiro atoms. The smallest absolute Gasteiger partial charge is 0.321 e.